The van der Waals surface area contributed by atoms with Crippen molar-refractivity contribution >= 4 is 26.5 Å². The van der Waals surface area contributed by atoms with Crippen LogP contribution >= 0.6 is 0 Å². The zero-order valence-electron chi connectivity index (χ0n) is 17.8. The van der Waals surface area contributed by atoms with Crippen molar-refractivity contribution in [2.75, 3.05) is 0 Å². The Balaban J connectivity index is 1.88. The molecule has 2 aromatic carbocycles. The van der Waals surface area contributed by atoms with E-state index in [1.807, 2.05) is 37.3 Å². The van der Waals surface area contributed by atoms with E-state index in [9.17, 15) is 13.2 Å². The molecule has 3 aromatic heterocycles. The number of pyridine rings is 2. The highest BCUT2D eigenvalue weighted by atomic mass is 32.2. The molecule has 33 heavy (non-hydrogen) atoms. The number of fused-ring (bicyclic) bond motifs is 2. The van der Waals surface area contributed by atoms with Gasteiger partial charge in [0.25, 0.3) is 5.56 Å². The number of hydrogen-bond acceptors (Lipinski definition) is 5. The second-order valence-corrected chi connectivity index (χ2v) is 9.75. The zero-order chi connectivity index (χ0) is 23.2. The van der Waals surface area contributed by atoms with Gasteiger partial charge < -0.3 is 4.57 Å². The SMILES string of the molecule is Cc1ccc(S(=O)(=O)c2cc3c(=O)n4ccccc4nc3n(Cc3ccccc3)c2=N)cc1. The van der Waals surface area contributed by atoms with Crippen molar-refractivity contribution in [1.82, 2.24) is 14.0 Å². The van der Waals surface area contributed by atoms with Crippen molar-refractivity contribution in [2.24, 2.45) is 0 Å². The van der Waals surface area contributed by atoms with Gasteiger partial charge in [0, 0.05) is 6.20 Å². The van der Waals surface area contributed by atoms with Crippen molar-refractivity contribution in [3.8, 4) is 0 Å². The molecule has 0 amide bonds. The highest BCUT2D eigenvalue weighted by Gasteiger charge is 2.24. The van der Waals surface area contributed by atoms with Gasteiger partial charge in [-0.25, -0.2) is 13.4 Å². The molecule has 0 radical (unpaired) electrons. The lowest BCUT2D eigenvalue weighted by Gasteiger charge is -2.15. The first kappa shape index (κ1) is 20.8. The van der Waals surface area contributed by atoms with Crippen molar-refractivity contribution in [3.63, 3.8) is 0 Å². The molecule has 0 unspecified atom stereocenters. The number of nitrogens with zero attached hydrogens (tertiary/aromatic N) is 3. The monoisotopic (exact) mass is 456 g/mol. The number of aromatic nitrogens is 3. The summed E-state index contributed by atoms with van der Waals surface area (Å²) in [4.78, 5) is 17.8. The van der Waals surface area contributed by atoms with Crippen LogP contribution in [0, 0.1) is 12.3 Å². The lowest BCUT2D eigenvalue weighted by molar-refractivity contribution is 0.591. The van der Waals surface area contributed by atoms with Gasteiger partial charge in [-0.2, -0.15) is 0 Å². The third-order valence-electron chi connectivity index (χ3n) is 5.59. The molecule has 0 saturated heterocycles. The second-order valence-electron chi connectivity index (χ2n) is 7.83. The van der Waals surface area contributed by atoms with Gasteiger partial charge in [0.15, 0.2) is 0 Å². The minimum Gasteiger partial charge on any atom is -0.305 e. The van der Waals surface area contributed by atoms with Gasteiger partial charge in [-0.15, -0.1) is 0 Å². The van der Waals surface area contributed by atoms with Crippen molar-refractivity contribution < 1.29 is 8.42 Å². The quantitative estimate of drug-likeness (QED) is 0.420. The lowest BCUT2D eigenvalue weighted by Crippen LogP contribution is -2.30. The minimum atomic E-state index is -4.05. The molecule has 3 heterocycles. The van der Waals surface area contributed by atoms with Crippen molar-refractivity contribution in [3.05, 3.63) is 112 Å². The molecule has 0 saturated carbocycles. The molecule has 5 aromatic rings. The highest BCUT2D eigenvalue weighted by molar-refractivity contribution is 7.91. The Morgan fingerprint density at radius 3 is 2.36 bits per heavy atom. The first-order valence-electron chi connectivity index (χ1n) is 10.3. The third kappa shape index (κ3) is 3.54. The standard InChI is InChI=1S/C25H20N4O3S/c1-17-10-12-19(13-11-17)33(31,32)21-15-20-24(27-22-9-5-6-14-28(22)25(20)30)29(23(21)26)16-18-7-3-2-4-8-18/h2-15,26H,16H2,1H3. The molecule has 0 aliphatic rings. The second kappa shape index (κ2) is 7.83. The van der Waals surface area contributed by atoms with Crippen LogP contribution in [0.4, 0.5) is 0 Å². The first-order valence-corrected chi connectivity index (χ1v) is 11.8. The number of rotatable bonds is 4. The summed E-state index contributed by atoms with van der Waals surface area (Å²) in [5.74, 6) is 0. The summed E-state index contributed by atoms with van der Waals surface area (Å²) >= 11 is 0. The van der Waals surface area contributed by atoms with Gasteiger partial charge in [0.05, 0.1) is 16.8 Å². The van der Waals surface area contributed by atoms with Crippen molar-refractivity contribution in [2.45, 2.75) is 23.3 Å². The summed E-state index contributed by atoms with van der Waals surface area (Å²) in [5, 5.41) is 8.97. The van der Waals surface area contributed by atoms with E-state index in [0.717, 1.165) is 11.1 Å². The number of hydrogen-bond donors (Lipinski definition) is 1. The van der Waals surface area contributed by atoms with E-state index in [0.29, 0.717) is 5.65 Å². The molecule has 0 atom stereocenters. The molecule has 7 nitrogen and oxygen atoms in total. The van der Waals surface area contributed by atoms with E-state index >= 15 is 0 Å². The van der Waals surface area contributed by atoms with Crippen LogP contribution in [0.5, 0.6) is 0 Å². The maximum atomic E-state index is 13.5. The topological polar surface area (TPSA) is 97.3 Å². The summed E-state index contributed by atoms with van der Waals surface area (Å²) in [5.41, 5.74) is 1.86. The Morgan fingerprint density at radius 2 is 1.64 bits per heavy atom. The normalized spacial score (nSPS) is 11.8. The maximum Gasteiger partial charge on any atom is 0.267 e. The summed E-state index contributed by atoms with van der Waals surface area (Å²) in [6.07, 6.45) is 1.59. The van der Waals surface area contributed by atoms with Crippen LogP contribution in [0.2, 0.25) is 0 Å². The van der Waals surface area contributed by atoms with Crippen LogP contribution in [0.15, 0.2) is 99.6 Å². The zero-order valence-corrected chi connectivity index (χ0v) is 18.6. The van der Waals surface area contributed by atoms with E-state index in [-0.39, 0.29) is 32.9 Å². The van der Waals surface area contributed by atoms with Gasteiger partial charge in [0.1, 0.15) is 21.7 Å². The molecule has 0 fully saturated rings. The molecular weight excluding hydrogens is 436 g/mol. The smallest absolute Gasteiger partial charge is 0.267 e. The molecule has 0 spiro atoms. The Hall–Kier alpha value is -4.04. The van der Waals surface area contributed by atoms with Gasteiger partial charge in [0.2, 0.25) is 9.84 Å². The van der Waals surface area contributed by atoms with Crippen LogP contribution in [0.25, 0.3) is 16.7 Å². The van der Waals surface area contributed by atoms with E-state index in [2.05, 4.69) is 4.98 Å². The van der Waals surface area contributed by atoms with E-state index in [1.54, 1.807) is 36.5 Å². The average molecular weight is 457 g/mol. The van der Waals surface area contributed by atoms with E-state index < -0.39 is 15.4 Å². The van der Waals surface area contributed by atoms with E-state index in [1.165, 1.54) is 27.2 Å². The van der Waals surface area contributed by atoms with Crippen LogP contribution in [-0.4, -0.2) is 22.4 Å². The van der Waals surface area contributed by atoms with Crippen molar-refractivity contribution in [1.29, 1.82) is 5.41 Å². The highest BCUT2D eigenvalue weighted by Crippen LogP contribution is 2.21. The predicted molar refractivity (Wildman–Crippen MR) is 125 cm³/mol. The fourth-order valence-electron chi connectivity index (χ4n) is 3.83. The molecule has 164 valence electrons. The van der Waals surface area contributed by atoms with Gasteiger partial charge in [-0.3, -0.25) is 14.6 Å². The van der Waals surface area contributed by atoms with Crippen LogP contribution in [0.3, 0.4) is 0 Å². The number of nitrogens with one attached hydrogen (secondary N) is 1. The molecule has 5 rings (SSSR count). The molecule has 0 aliphatic heterocycles. The molecular formula is C25H20N4O3S. The van der Waals surface area contributed by atoms with Crippen LogP contribution in [-0.2, 0) is 16.4 Å². The molecule has 1 N–H and O–H groups in total. The van der Waals surface area contributed by atoms with Gasteiger partial charge in [-0.05, 0) is 42.8 Å². The number of benzene rings is 2. The fourth-order valence-corrected chi connectivity index (χ4v) is 5.22. The van der Waals surface area contributed by atoms with Gasteiger partial charge >= 0.3 is 0 Å². The lowest BCUT2D eigenvalue weighted by atomic mass is 10.2. The summed E-state index contributed by atoms with van der Waals surface area (Å²) in [6, 6.07) is 22.3. The van der Waals surface area contributed by atoms with Crippen LogP contribution < -0.4 is 11.0 Å². The average Bonchev–Trinajstić information content (AvgIpc) is 2.82. The molecule has 0 aliphatic carbocycles. The summed E-state index contributed by atoms with van der Waals surface area (Å²) in [6.45, 7) is 2.07. The maximum absolute atomic E-state index is 13.5. The summed E-state index contributed by atoms with van der Waals surface area (Å²) < 4.78 is 29.9. The first-order chi connectivity index (χ1) is 15.9. The van der Waals surface area contributed by atoms with E-state index in [4.69, 9.17) is 5.41 Å². The minimum absolute atomic E-state index is 0.0704. The van der Waals surface area contributed by atoms with Gasteiger partial charge in [-0.1, -0.05) is 54.1 Å². The Bertz CT molecular complexity index is 1740. The number of sulfone groups is 1. The Kier molecular flexibility index (Phi) is 4.94. The summed E-state index contributed by atoms with van der Waals surface area (Å²) in [7, 11) is -4.05. The number of aryl methyl sites for hydroxylation is 1. The largest absolute Gasteiger partial charge is 0.305 e. The Labute approximate surface area is 189 Å². The predicted octanol–water partition coefficient (Wildman–Crippen LogP) is 3.32. The van der Waals surface area contributed by atoms with Crippen LogP contribution in [0.1, 0.15) is 11.1 Å². The fraction of sp³-hybridized carbons (Fsp3) is 0.0800. The Morgan fingerprint density at radius 1 is 0.939 bits per heavy atom. The molecule has 8 heteroatoms. The third-order valence-corrected chi connectivity index (χ3v) is 7.37. The molecule has 0 bridgehead atoms.